The zero-order valence-electron chi connectivity index (χ0n) is 9.78. The molecule has 0 spiro atoms. The first-order valence-electron chi connectivity index (χ1n) is 6.21. The third-order valence-electron chi connectivity index (χ3n) is 3.53. The van der Waals surface area contributed by atoms with Crippen molar-refractivity contribution < 1.29 is 5.21 Å². The van der Waals surface area contributed by atoms with Crippen molar-refractivity contribution in [3.63, 3.8) is 0 Å². The van der Waals surface area contributed by atoms with Crippen molar-refractivity contribution >= 4 is 13.7 Å². The van der Waals surface area contributed by atoms with Gasteiger partial charge in [-0.15, -0.1) is 0 Å². The van der Waals surface area contributed by atoms with Crippen molar-refractivity contribution in [1.82, 2.24) is 0 Å². The SMILES string of the molecule is BC1CCCCC(/C(N)=N/O)CCCC1. The van der Waals surface area contributed by atoms with Crippen LogP contribution in [-0.2, 0) is 0 Å². The summed E-state index contributed by atoms with van der Waals surface area (Å²) in [6.45, 7) is 0. The Labute approximate surface area is 93.5 Å². The van der Waals surface area contributed by atoms with Crippen LogP contribution in [0.4, 0.5) is 0 Å². The lowest BCUT2D eigenvalue weighted by molar-refractivity contribution is 0.311. The molecule has 0 atom stereocenters. The van der Waals surface area contributed by atoms with Gasteiger partial charge in [0.25, 0.3) is 0 Å². The highest BCUT2D eigenvalue weighted by Crippen LogP contribution is 2.25. The molecule has 0 bridgehead atoms. The monoisotopic (exact) mass is 210 g/mol. The van der Waals surface area contributed by atoms with Crippen LogP contribution in [0.25, 0.3) is 0 Å². The fourth-order valence-corrected chi connectivity index (χ4v) is 2.43. The Kier molecular flexibility index (Phi) is 5.58. The van der Waals surface area contributed by atoms with Gasteiger partial charge in [-0.05, 0) is 12.8 Å². The number of nitrogens with two attached hydrogens (primary N) is 1. The molecule has 0 radical (unpaired) electrons. The second kappa shape index (κ2) is 6.75. The minimum Gasteiger partial charge on any atom is -0.409 e. The number of hydrogen-bond donors (Lipinski definition) is 2. The van der Waals surface area contributed by atoms with Gasteiger partial charge in [0.1, 0.15) is 13.7 Å². The Balaban J connectivity index is 2.41. The first-order valence-corrected chi connectivity index (χ1v) is 6.21. The van der Waals surface area contributed by atoms with Crippen molar-refractivity contribution in [3.05, 3.63) is 0 Å². The molecule has 1 saturated carbocycles. The van der Waals surface area contributed by atoms with Crippen LogP contribution in [0, 0.1) is 5.92 Å². The van der Waals surface area contributed by atoms with Crippen LogP contribution >= 0.6 is 0 Å². The summed E-state index contributed by atoms with van der Waals surface area (Å²) < 4.78 is 0. The summed E-state index contributed by atoms with van der Waals surface area (Å²) >= 11 is 0. The third-order valence-corrected chi connectivity index (χ3v) is 3.53. The highest BCUT2D eigenvalue weighted by molar-refractivity contribution is 6.11. The van der Waals surface area contributed by atoms with E-state index in [9.17, 15) is 0 Å². The minimum atomic E-state index is 0.309. The number of rotatable bonds is 1. The molecule has 0 saturated heterocycles. The maximum absolute atomic E-state index is 8.68. The van der Waals surface area contributed by atoms with E-state index < -0.39 is 0 Å². The fourth-order valence-electron chi connectivity index (χ4n) is 2.43. The van der Waals surface area contributed by atoms with Crippen LogP contribution in [0.5, 0.6) is 0 Å². The van der Waals surface area contributed by atoms with E-state index in [4.69, 9.17) is 10.9 Å². The smallest absolute Gasteiger partial charge is 0.142 e. The van der Waals surface area contributed by atoms with Crippen LogP contribution in [0.15, 0.2) is 5.16 Å². The van der Waals surface area contributed by atoms with Crippen molar-refractivity contribution in [1.29, 1.82) is 0 Å². The molecule has 3 N–H and O–H groups in total. The van der Waals surface area contributed by atoms with Crippen molar-refractivity contribution in [3.8, 4) is 0 Å². The lowest BCUT2D eigenvalue weighted by Crippen LogP contribution is -2.24. The molecule has 15 heavy (non-hydrogen) atoms. The van der Waals surface area contributed by atoms with Gasteiger partial charge >= 0.3 is 0 Å². The largest absolute Gasteiger partial charge is 0.409 e. The summed E-state index contributed by atoms with van der Waals surface area (Å²) in [6, 6.07) is 0. The molecule has 1 rings (SSSR count). The van der Waals surface area contributed by atoms with Gasteiger partial charge in [-0.2, -0.15) is 0 Å². The number of hydrogen-bond acceptors (Lipinski definition) is 2. The Morgan fingerprint density at radius 2 is 1.53 bits per heavy atom. The summed E-state index contributed by atoms with van der Waals surface area (Å²) in [5.41, 5.74) is 5.69. The molecule has 4 heteroatoms. The van der Waals surface area contributed by atoms with Crippen molar-refractivity contribution in [2.24, 2.45) is 16.8 Å². The Morgan fingerprint density at radius 3 is 2.00 bits per heavy atom. The quantitative estimate of drug-likeness (QED) is 0.228. The zero-order valence-corrected chi connectivity index (χ0v) is 9.78. The minimum absolute atomic E-state index is 0.309. The Morgan fingerprint density at radius 1 is 1.07 bits per heavy atom. The predicted molar refractivity (Wildman–Crippen MR) is 66.1 cm³/mol. The normalized spacial score (nSPS) is 31.1. The Hall–Kier alpha value is -0.665. The summed E-state index contributed by atoms with van der Waals surface area (Å²) in [6.07, 6.45) is 9.85. The molecule has 86 valence electrons. The molecular weight excluding hydrogens is 187 g/mol. The highest BCUT2D eigenvalue weighted by atomic mass is 16.4. The van der Waals surface area contributed by atoms with Crippen LogP contribution in [0.3, 0.4) is 0 Å². The lowest BCUT2D eigenvalue weighted by Gasteiger charge is -2.19. The first kappa shape index (κ1) is 12.4. The summed E-state index contributed by atoms with van der Waals surface area (Å²) in [4.78, 5) is 0. The van der Waals surface area contributed by atoms with Gasteiger partial charge in [-0.3, -0.25) is 0 Å². The van der Waals surface area contributed by atoms with E-state index in [2.05, 4.69) is 13.0 Å². The number of oxime groups is 1. The topological polar surface area (TPSA) is 58.6 Å². The fraction of sp³-hybridized carbons (Fsp3) is 0.909. The molecule has 0 unspecified atom stereocenters. The average molecular weight is 210 g/mol. The van der Waals surface area contributed by atoms with Gasteiger partial charge in [-0.1, -0.05) is 49.5 Å². The zero-order chi connectivity index (χ0) is 11.1. The van der Waals surface area contributed by atoms with E-state index in [0.717, 1.165) is 18.7 Å². The van der Waals surface area contributed by atoms with Gasteiger partial charge in [0.15, 0.2) is 0 Å². The summed E-state index contributed by atoms with van der Waals surface area (Å²) in [7, 11) is 2.35. The van der Waals surface area contributed by atoms with E-state index in [0.29, 0.717) is 11.8 Å². The molecule has 1 aliphatic carbocycles. The molecule has 1 aliphatic rings. The van der Waals surface area contributed by atoms with Crippen molar-refractivity contribution in [2.45, 2.75) is 57.2 Å². The molecule has 3 nitrogen and oxygen atoms in total. The van der Waals surface area contributed by atoms with Gasteiger partial charge < -0.3 is 10.9 Å². The molecule has 0 amide bonds. The van der Waals surface area contributed by atoms with E-state index >= 15 is 0 Å². The average Bonchev–Trinajstić information content (AvgIpc) is 2.26. The second-order valence-electron chi connectivity index (χ2n) is 4.90. The molecule has 0 aromatic carbocycles. The maximum atomic E-state index is 8.68. The molecule has 0 aliphatic heterocycles. The number of nitrogens with zero attached hydrogens (tertiary/aromatic N) is 1. The standard InChI is InChI=1S/C11H23BN2O/c12-10-7-3-1-5-9(11(13)14-15)6-2-4-8-10/h9-10,15H,1-8,12H2,(H2,13,14). The molecule has 0 aromatic rings. The van der Waals surface area contributed by atoms with E-state index in [1.807, 2.05) is 0 Å². The highest BCUT2D eigenvalue weighted by Gasteiger charge is 2.15. The molecule has 1 fully saturated rings. The van der Waals surface area contributed by atoms with Crippen molar-refractivity contribution in [2.75, 3.05) is 0 Å². The van der Waals surface area contributed by atoms with Crippen LogP contribution in [0.1, 0.15) is 51.4 Å². The summed E-state index contributed by atoms with van der Waals surface area (Å²) in [5, 5.41) is 11.8. The van der Waals surface area contributed by atoms with Gasteiger partial charge in [0, 0.05) is 5.92 Å². The van der Waals surface area contributed by atoms with Crippen LogP contribution < -0.4 is 5.73 Å². The van der Waals surface area contributed by atoms with Gasteiger partial charge in [0.05, 0.1) is 0 Å². The lowest BCUT2D eigenvalue weighted by atomic mass is 9.77. The Bertz CT molecular complexity index is 197. The van der Waals surface area contributed by atoms with Crippen LogP contribution in [-0.4, -0.2) is 18.9 Å². The molecule has 0 aromatic heterocycles. The van der Waals surface area contributed by atoms with E-state index in [1.165, 1.54) is 38.5 Å². The first-order chi connectivity index (χ1) is 7.24. The third kappa shape index (κ3) is 4.58. The predicted octanol–water partition coefficient (Wildman–Crippen LogP) is 1.91. The maximum Gasteiger partial charge on any atom is 0.142 e. The van der Waals surface area contributed by atoms with E-state index in [-0.39, 0.29) is 0 Å². The van der Waals surface area contributed by atoms with Crippen LogP contribution in [0.2, 0.25) is 5.82 Å². The molecule has 0 heterocycles. The van der Waals surface area contributed by atoms with E-state index in [1.54, 1.807) is 0 Å². The molecular formula is C11H23BN2O. The number of amidine groups is 1. The second-order valence-corrected chi connectivity index (χ2v) is 4.90. The van der Waals surface area contributed by atoms with Gasteiger partial charge in [-0.25, -0.2) is 0 Å². The summed E-state index contributed by atoms with van der Waals surface area (Å²) in [5.74, 6) is 1.62. The van der Waals surface area contributed by atoms with Gasteiger partial charge in [0.2, 0.25) is 0 Å².